The van der Waals surface area contributed by atoms with Gasteiger partial charge < -0.3 is 5.32 Å². The number of anilines is 1. The molecule has 8 heteroatoms. The van der Waals surface area contributed by atoms with E-state index in [1.807, 2.05) is 0 Å². The van der Waals surface area contributed by atoms with Crippen LogP contribution in [0.3, 0.4) is 0 Å². The second-order valence-electron chi connectivity index (χ2n) is 5.35. The summed E-state index contributed by atoms with van der Waals surface area (Å²) < 4.78 is 25.8. The van der Waals surface area contributed by atoms with Gasteiger partial charge in [-0.15, -0.1) is 0 Å². The zero-order valence-corrected chi connectivity index (χ0v) is 15.6. The topological polar surface area (TPSA) is 66.5 Å². The monoisotopic (exact) mass is 386 g/mol. The minimum atomic E-state index is -3.60. The molecule has 0 aliphatic rings. The highest BCUT2D eigenvalue weighted by Crippen LogP contribution is 2.25. The lowest BCUT2D eigenvalue weighted by Gasteiger charge is -2.15. The number of carbonyl (C=O) groups is 1. The molecule has 0 aliphatic heterocycles. The van der Waals surface area contributed by atoms with Gasteiger partial charge >= 0.3 is 0 Å². The van der Waals surface area contributed by atoms with Gasteiger partial charge in [-0.25, -0.2) is 12.7 Å². The summed E-state index contributed by atoms with van der Waals surface area (Å²) in [6, 6.07) is 9.22. The maximum absolute atomic E-state index is 12.3. The zero-order valence-electron chi connectivity index (χ0n) is 13.3. The summed E-state index contributed by atoms with van der Waals surface area (Å²) in [6.07, 6.45) is 0. The lowest BCUT2D eigenvalue weighted by molar-refractivity contribution is 0.102. The fourth-order valence-corrected chi connectivity index (χ4v) is 3.44. The number of halogens is 2. The number of benzene rings is 2. The van der Waals surface area contributed by atoms with E-state index in [0.29, 0.717) is 21.8 Å². The van der Waals surface area contributed by atoms with Gasteiger partial charge in [0, 0.05) is 25.3 Å². The Balaban J connectivity index is 2.34. The minimum absolute atomic E-state index is 0.138. The van der Waals surface area contributed by atoms with E-state index in [9.17, 15) is 13.2 Å². The molecule has 1 amide bonds. The molecule has 2 aromatic carbocycles. The first-order valence-corrected chi connectivity index (χ1v) is 9.12. The third-order valence-electron chi connectivity index (χ3n) is 3.39. The number of hydrogen-bond acceptors (Lipinski definition) is 3. The molecule has 0 bridgehead atoms. The first-order chi connectivity index (χ1) is 11.1. The highest BCUT2D eigenvalue weighted by atomic mass is 35.5. The summed E-state index contributed by atoms with van der Waals surface area (Å²) in [4.78, 5) is 12.4. The summed E-state index contributed by atoms with van der Waals surface area (Å²) in [5, 5.41) is 3.28. The third-order valence-corrected chi connectivity index (χ3v) is 6.08. The van der Waals surface area contributed by atoms with Crippen molar-refractivity contribution in [2.24, 2.45) is 0 Å². The van der Waals surface area contributed by atoms with Crippen LogP contribution in [0.1, 0.15) is 15.9 Å². The number of amides is 1. The van der Waals surface area contributed by atoms with Crippen LogP contribution in [0.2, 0.25) is 10.0 Å². The molecule has 0 saturated carbocycles. The molecule has 0 saturated heterocycles. The maximum atomic E-state index is 12.3. The van der Waals surface area contributed by atoms with Gasteiger partial charge in [-0.3, -0.25) is 4.79 Å². The van der Waals surface area contributed by atoms with Crippen LogP contribution in [0, 0.1) is 6.92 Å². The molecule has 0 fully saturated rings. The summed E-state index contributed by atoms with van der Waals surface area (Å²) in [6.45, 7) is 1.70. The van der Waals surface area contributed by atoms with Gasteiger partial charge in [0.1, 0.15) is 0 Å². The summed E-state index contributed by atoms with van der Waals surface area (Å²) in [7, 11) is -0.691. The smallest absolute Gasteiger partial charge is 0.255 e. The van der Waals surface area contributed by atoms with E-state index < -0.39 is 15.9 Å². The van der Waals surface area contributed by atoms with Gasteiger partial charge in [-0.05, 0) is 42.8 Å². The molecule has 24 heavy (non-hydrogen) atoms. The van der Waals surface area contributed by atoms with Crippen molar-refractivity contribution in [3.63, 3.8) is 0 Å². The van der Waals surface area contributed by atoms with Crippen molar-refractivity contribution in [1.82, 2.24) is 4.31 Å². The van der Waals surface area contributed by atoms with Crippen LogP contribution in [0.25, 0.3) is 0 Å². The van der Waals surface area contributed by atoms with E-state index in [4.69, 9.17) is 23.2 Å². The van der Waals surface area contributed by atoms with Crippen LogP contribution in [0.15, 0.2) is 41.3 Å². The van der Waals surface area contributed by atoms with Crippen molar-refractivity contribution >= 4 is 44.8 Å². The van der Waals surface area contributed by atoms with E-state index >= 15 is 0 Å². The molecule has 2 aromatic rings. The predicted molar refractivity (Wildman–Crippen MR) is 96.5 cm³/mol. The molecule has 1 N–H and O–H groups in total. The zero-order chi connectivity index (χ0) is 18.1. The average Bonchev–Trinajstić information content (AvgIpc) is 2.51. The first kappa shape index (κ1) is 18.7. The first-order valence-electron chi connectivity index (χ1n) is 6.92. The van der Waals surface area contributed by atoms with Crippen molar-refractivity contribution in [2.75, 3.05) is 19.4 Å². The molecule has 128 valence electrons. The maximum Gasteiger partial charge on any atom is 0.255 e. The number of carbonyl (C=O) groups excluding carboxylic acids is 1. The number of hydrogen-bond donors (Lipinski definition) is 1. The van der Waals surface area contributed by atoms with Gasteiger partial charge in [0.25, 0.3) is 5.91 Å². The average molecular weight is 387 g/mol. The van der Waals surface area contributed by atoms with Crippen LogP contribution < -0.4 is 5.32 Å². The van der Waals surface area contributed by atoms with Gasteiger partial charge in [-0.2, -0.15) is 0 Å². The van der Waals surface area contributed by atoms with Crippen LogP contribution in [-0.4, -0.2) is 32.7 Å². The van der Waals surface area contributed by atoms with Crippen LogP contribution in [0.4, 0.5) is 5.69 Å². The molecule has 2 rings (SSSR count). The van der Waals surface area contributed by atoms with Crippen molar-refractivity contribution in [1.29, 1.82) is 0 Å². The van der Waals surface area contributed by atoms with Crippen molar-refractivity contribution in [2.45, 2.75) is 11.8 Å². The van der Waals surface area contributed by atoms with Gasteiger partial charge in [0.05, 0.1) is 14.9 Å². The molecule has 0 spiro atoms. The summed E-state index contributed by atoms with van der Waals surface area (Å²) in [5.41, 5.74) is 1.29. The Labute approximate surface area is 151 Å². The van der Waals surface area contributed by atoms with Gasteiger partial charge in [0.15, 0.2) is 0 Å². The van der Waals surface area contributed by atoms with Crippen molar-refractivity contribution < 1.29 is 13.2 Å². The molecule has 5 nitrogen and oxygen atoms in total. The summed E-state index contributed by atoms with van der Waals surface area (Å²) in [5.74, 6) is -0.411. The lowest BCUT2D eigenvalue weighted by atomic mass is 10.2. The quantitative estimate of drug-likeness (QED) is 0.868. The molecule has 0 heterocycles. The van der Waals surface area contributed by atoms with E-state index in [0.717, 1.165) is 4.31 Å². The number of nitrogens with zero attached hydrogens (tertiary/aromatic N) is 1. The Morgan fingerprint density at radius 2 is 1.71 bits per heavy atom. The number of aryl methyl sites for hydroxylation is 1. The SMILES string of the molecule is Cc1ccc(NC(=O)c2ccc(Cl)c(Cl)c2)cc1S(=O)(=O)N(C)C. The normalized spacial score (nSPS) is 11.6. The largest absolute Gasteiger partial charge is 0.322 e. The number of rotatable bonds is 4. The fourth-order valence-electron chi connectivity index (χ4n) is 1.99. The molecule has 0 aliphatic carbocycles. The van der Waals surface area contributed by atoms with Gasteiger partial charge in [-0.1, -0.05) is 29.3 Å². The van der Waals surface area contributed by atoms with Crippen LogP contribution in [-0.2, 0) is 10.0 Å². The minimum Gasteiger partial charge on any atom is -0.322 e. The van der Waals surface area contributed by atoms with Crippen LogP contribution >= 0.6 is 23.2 Å². The molecule has 0 atom stereocenters. The van der Waals surface area contributed by atoms with Crippen molar-refractivity contribution in [3.8, 4) is 0 Å². The molecular formula is C16H16Cl2N2O3S. The number of sulfonamides is 1. The Bertz CT molecular complexity index is 896. The standard InChI is InChI=1S/C16H16Cl2N2O3S/c1-10-4-6-12(9-15(10)24(22,23)20(2)3)19-16(21)11-5-7-13(17)14(18)8-11/h4-9H,1-3H3,(H,19,21). The molecule has 0 radical (unpaired) electrons. The highest BCUT2D eigenvalue weighted by Gasteiger charge is 2.20. The van der Waals surface area contributed by atoms with Gasteiger partial charge in [0.2, 0.25) is 10.0 Å². The molecule has 0 aromatic heterocycles. The van der Waals surface area contributed by atoms with Crippen LogP contribution in [0.5, 0.6) is 0 Å². The Kier molecular flexibility index (Phi) is 5.55. The predicted octanol–water partition coefficient (Wildman–Crippen LogP) is 3.80. The second kappa shape index (κ2) is 7.11. The van der Waals surface area contributed by atoms with E-state index in [1.54, 1.807) is 19.1 Å². The molecular weight excluding hydrogens is 371 g/mol. The Hall–Kier alpha value is -1.60. The Morgan fingerprint density at radius 1 is 1.04 bits per heavy atom. The fraction of sp³-hybridized carbons (Fsp3) is 0.188. The molecule has 0 unspecified atom stereocenters. The Morgan fingerprint density at radius 3 is 2.29 bits per heavy atom. The van der Waals surface area contributed by atoms with E-state index in [1.165, 1.54) is 38.4 Å². The summed E-state index contributed by atoms with van der Waals surface area (Å²) >= 11 is 11.7. The number of nitrogens with one attached hydrogen (secondary N) is 1. The van der Waals surface area contributed by atoms with E-state index in [-0.39, 0.29) is 9.92 Å². The lowest BCUT2D eigenvalue weighted by Crippen LogP contribution is -2.23. The highest BCUT2D eigenvalue weighted by molar-refractivity contribution is 7.89. The second-order valence-corrected chi connectivity index (χ2v) is 8.29. The third kappa shape index (κ3) is 3.89. The van der Waals surface area contributed by atoms with E-state index in [2.05, 4.69) is 5.32 Å². The van der Waals surface area contributed by atoms with Crippen molar-refractivity contribution in [3.05, 3.63) is 57.6 Å².